The SMILES string of the molecule is O=C1NCCc2cccc(c2)Nc2c[c]([Hg])n3ncc1c3n2. The molecule has 0 saturated heterocycles. The third-order valence-corrected chi connectivity index (χ3v) is 5.65. The van der Waals surface area contributed by atoms with Crippen molar-refractivity contribution in [2.75, 3.05) is 11.9 Å². The van der Waals surface area contributed by atoms with E-state index in [-0.39, 0.29) is 5.91 Å². The van der Waals surface area contributed by atoms with E-state index in [4.69, 9.17) is 0 Å². The van der Waals surface area contributed by atoms with Crippen LogP contribution in [0.5, 0.6) is 0 Å². The molecule has 2 N–H and O–H groups in total. The molecule has 1 aliphatic rings. The molecule has 0 saturated carbocycles. The van der Waals surface area contributed by atoms with Crippen molar-refractivity contribution >= 4 is 26.3 Å². The van der Waals surface area contributed by atoms with E-state index in [0.29, 0.717) is 43.9 Å². The quantitative estimate of drug-likeness (QED) is 0.472. The first-order valence-corrected chi connectivity index (χ1v) is 9.80. The van der Waals surface area contributed by atoms with Gasteiger partial charge < -0.3 is 0 Å². The van der Waals surface area contributed by atoms with Crippen molar-refractivity contribution in [2.45, 2.75) is 6.42 Å². The van der Waals surface area contributed by atoms with E-state index >= 15 is 0 Å². The Kier molecular flexibility index (Phi) is 3.33. The van der Waals surface area contributed by atoms with Gasteiger partial charge in [0, 0.05) is 0 Å². The minimum absolute atomic E-state index is 0.121. The zero-order chi connectivity index (χ0) is 15.1. The van der Waals surface area contributed by atoms with Crippen LogP contribution in [0.4, 0.5) is 11.5 Å². The average Bonchev–Trinajstić information content (AvgIpc) is 2.91. The monoisotopic (exact) mass is 480 g/mol. The minimum atomic E-state index is -0.121. The Morgan fingerprint density at radius 3 is 3.09 bits per heavy atom. The molecule has 3 heterocycles. The van der Waals surface area contributed by atoms with E-state index < -0.39 is 0 Å². The van der Waals surface area contributed by atoms with Crippen LogP contribution >= 0.6 is 0 Å². The van der Waals surface area contributed by atoms with Crippen LogP contribution < -0.4 is 13.8 Å². The number of anilines is 2. The molecule has 0 atom stereocenters. The fourth-order valence-corrected chi connectivity index (χ4v) is 4.27. The molecule has 2 aromatic heterocycles. The number of nitrogens with one attached hydrogen (secondary N) is 2. The van der Waals surface area contributed by atoms with E-state index in [1.807, 2.05) is 18.2 Å². The summed E-state index contributed by atoms with van der Waals surface area (Å²) in [5.74, 6) is 0.633. The number of amides is 1. The van der Waals surface area contributed by atoms with E-state index in [0.717, 1.165) is 21.1 Å². The Labute approximate surface area is 142 Å². The number of nitrogens with zero attached hydrogens (tertiary/aromatic N) is 3. The van der Waals surface area contributed by atoms with Gasteiger partial charge in [0.05, 0.1) is 0 Å². The van der Waals surface area contributed by atoms with Gasteiger partial charge in [0.2, 0.25) is 0 Å². The summed E-state index contributed by atoms with van der Waals surface area (Å²) >= 11 is 0.364. The van der Waals surface area contributed by atoms with Crippen molar-refractivity contribution in [1.29, 1.82) is 0 Å². The summed E-state index contributed by atoms with van der Waals surface area (Å²) in [6.45, 7) is 0.594. The number of hydrogen-bond donors (Lipinski definition) is 2. The Bertz CT molecular complexity index is 889. The normalized spacial score (nSPS) is 14.2. The van der Waals surface area contributed by atoms with Gasteiger partial charge in [-0.15, -0.1) is 0 Å². The van der Waals surface area contributed by atoms with Gasteiger partial charge in [-0.25, -0.2) is 0 Å². The van der Waals surface area contributed by atoms with Crippen LogP contribution in [0, 0.1) is 0 Å². The summed E-state index contributed by atoms with van der Waals surface area (Å²) in [6.07, 6.45) is 2.39. The molecule has 0 unspecified atom stereocenters. The molecule has 6 nitrogen and oxygen atoms in total. The topological polar surface area (TPSA) is 71.3 Å². The second-order valence-corrected chi connectivity index (χ2v) is 8.07. The summed E-state index contributed by atoms with van der Waals surface area (Å²) in [5, 5.41) is 10.6. The van der Waals surface area contributed by atoms with Crippen LogP contribution in [0.2, 0.25) is 0 Å². The first-order chi connectivity index (χ1) is 10.7. The zero-order valence-electron chi connectivity index (χ0n) is 11.8. The van der Waals surface area contributed by atoms with Gasteiger partial charge in [-0.05, 0) is 0 Å². The van der Waals surface area contributed by atoms with Gasteiger partial charge in [-0.2, -0.15) is 0 Å². The van der Waals surface area contributed by atoms with Crippen LogP contribution in [-0.2, 0) is 32.5 Å². The molecule has 1 aliphatic heterocycles. The number of fused-ring (bicyclic) bond motifs is 3. The van der Waals surface area contributed by atoms with Crippen LogP contribution in [0.1, 0.15) is 15.9 Å². The maximum atomic E-state index is 12.3. The first-order valence-electron chi connectivity index (χ1n) is 7.05. The van der Waals surface area contributed by atoms with Gasteiger partial charge >= 0.3 is 143 Å². The maximum absolute atomic E-state index is 12.3. The van der Waals surface area contributed by atoms with Gasteiger partial charge in [0.25, 0.3) is 0 Å². The molecule has 4 bridgehead atoms. The van der Waals surface area contributed by atoms with Crippen LogP contribution in [0.15, 0.2) is 36.5 Å². The number of rotatable bonds is 0. The third kappa shape index (κ3) is 2.37. The molecule has 7 heteroatoms. The molecule has 0 spiro atoms. The van der Waals surface area contributed by atoms with Crippen LogP contribution in [0.25, 0.3) is 5.65 Å². The standard InChI is InChI=1S/C15H12N5O.Hg/c21-15-12-9-17-20-7-5-13(19-14(12)20)18-11-3-1-2-10(8-11)4-6-16-15;/h1-3,5,8-9H,4,6H2,(H,16,21)(H,18,19);. The van der Waals surface area contributed by atoms with Crippen LogP contribution in [0.3, 0.4) is 0 Å². The van der Waals surface area contributed by atoms with E-state index in [1.54, 1.807) is 10.7 Å². The first kappa shape index (κ1) is 13.7. The number of hydrogen-bond acceptors (Lipinski definition) is 4. The van der Waals surface area contributed by atoms with Crippen molar-refractivity contribution in [1.82, 2.24) is 19.9 Å². The number of aromatic nitrogens is 3. The van der Waals surface area contributed by atoms with Gasteiger partial charge in [0.15, 0.2) is 0 Å². The van der Waals surface area contributed by atoms with Gasteiger partial charge in [-0.3, -0.25) is 0 Å². The molecular formula is C15H12HgN5O. The molecule has 0 radical (unpaired) electrons. The third-order valence-electron chi connectivity index (χ3n) is 3.69. The predicted molar refractivity (Wildman–Crippen MR) is 78.4 cm³/mol. The predicted octanol–water partition coefficient (Wildman–Crippen LogP) is 0.931. The van der Waals surface area contributed by atoms with Gasteiger partial charge in [-0.1, -0.05) is 0 Å². The Hall–Kier alpha value is -1.95. The second kappa shape index (κ2) is 5.35. The van der Waals surface area contributed by atoms with E-state index in [1.165, 1.54) is 5.56 Å². The van der Waals surface area contributed by atoms with Crippen molar-refractivity contribution in [3.05, 3.63) is 47.7 Å². The van der Waals surface area contributed by atoms with E-state index in [9.17, 15) is 4.79 Å². The zero-order valence-corrected chi connectivity index (χ0v) is 17.3. The summed E-state index contributed by atoms with van der Waals surface area (Å²) in [7, 11) is 0. The van der Waals surface area contributed by atoms with Gasteiger partial charge in [0.1, 0.15) is 0 Å². The molecule has 0 aliphatic carbocycles. The fourth-order valence-electron chi connectivity index (χ4n) is 2.62. The second-order valence-electron chi connectivity index (χ2n) is 5.26. The average molecular weight is 479 g/mol. The molecule has 1 amide bonds. The van der Waals surface area contributed by atoms with E-state index in [2.05, 4.69) is 32.8 Å². The summed E-state index contributed by atoms with van der Waals surface area (Å²) in [4.78, 5) is 16.9. The molecule has 105 valence electrons. The molecule has 22 heavy (non-hydrogen) atoms. The fraction of sp³-hybridized carbons (Fsp3) is 0.133. The molecule has 1 aromatic carbocycles. The van der Waals surface area contributed by atoms with Crippen molar-refractivity contribution < 1.29 is 30.9 Å². The molecule has 3 aromatic rings. The van der Waals surface area contributed by atoms with Crippen LogP contribution in [-0.4, -0.2) is 27.0 Å². The molecule has 0 fully saturated rings. The number of carbonyl (C=O) groups is 1. The Morgan fingerprint density at radius 2 is 2.18 bits per heavy atom. The van der Waals surface area contributed by atoms with Crippen molar-refractivity contribution in [3.8, 4) is 0 Å². The summed E-state index contributed by atoms with van der Waals surface area (Å²) in [6, 6.07) is 10.2. The molecule has 4 rings (SSSR count). The number of carbonyl (C=O) groups excluding carboxylic acids is 1. The Balaban J connectivity index is 1.92. The van der Waals surface area contributed by atoms with Crippen molar-refractivity contribution in [2.24, 2.45) is 0 Å². The summed E-state index contributed by atoms with van der Waals surface area (Å²) in [5.41, 5.74) is 3.33. The van der Waals surface area contributed by atoms with Crippen molar-refractivity contribution in [3.63, 3.8) is 0 Å². The summed E-state index contributed by atoms with van der Waals surface area (Å²) < 4.78 is 2.88. The molecular weight excluding hydrogens is 467 g/mol. The number of benzene rings is 1. The Morgan fingerprint density at radius 1 is 1.27 bits per heavy atom.